The Morgan fingerprint density at radius 3 is 2.63 bits per heavy atom. The summed E-state index contributed by atoms with van der Waals surface area (Å²) in [5.74, 6) is -2.16. The lowest BCUT2D eigenvalue weighted by molar-refractivity contribution is 0.0714. The van der Waals surface area contributed by atoms with E-state index in [1.807, 2.05) is 0 Å². The highest BCUT2D eigenvalue weighted by Gasteiger charge is 2.26. The third kappa shape index (κ3) is 3.10. The van der Waals surface area contributed by atoms with E-state index in [-0.39, 0.29) is 17.2 Å². The Kier molecular flexibility index (Phi) is 4.14. The summed E-state index contributed by atoms with van der Waals surface area (Å²) in [7, 11) is 0. The number of rotatable bonds is 2. The fourth-order valence-corrected chi connectivity index (χ4v) is 2.36. The highest BCUT2D eigenvalue weighted by Crippen LogP contribution is 2.20. The maximum atomic E-state index is 13.6. The van der Waals surface area contributed by atoms with Gasteiger partial charge in [-0.1, -0.05) is 12.8 Å². The standard InChI is InChI=1S/C14H17F2NO2/c1-8-6-9(11(16)7-10(8)15)14(19)17-12-4-2-3-5-13(12)18/h6-7,12-13,18H,2-5H2,1H3,(H,17,19). The summed E-state index contributed by atoms with van der Waals surface area (Å²) in [6.07, 6.45) is 2.57. The highest BCUT2D eigenvalue weighted by atomic mass is 19.1. The number of hydrogen-bond acceptors (Lipinski definition) is 2. The van der Waals surface area contributed by atoms with Crippen LogP contribution in [-0.4, -0.2) is 23.2 Å². The average molecular weight is 269 g/mol. The fraction of sp³-hybridized carbons (Fsp3) is 0.500. The Balaban J connectivity index is 2.13. The van der Waals surface area contributed by atoms with Gasteiger partial charge in [-0.25, -0.2) is 8.78 Å². The number of halogens is 2. The molecule has 19 heavy (non-hydrogen) atoms. The zero-order chi connectivity index (χ0) is 14.0. The molecule has 1 aliphatic carbocycles. The lowest BCUT2D eigenvalue weighted by Gasteiger charge is -2.28. The van der Waals surface area contributed by atoms with Gasteiger partial charge in [0, 0.05) is 6.07 Å². The van der Waals surface area contributed by atoms with Crippen molar-refractivity contribution < 1.29 is 18.7 Å². The van der Waals surface area contributed by atoms with Crippen molar-refractivity contribution in [3.05, 3.63) is 34.9 Å². The molecule has 2 rings (SSSR count). The van der Waals surface area contributed by atoms with E-state index in [1.54, 1.807) is 0 Å². The molecule has 1 fully saturated rings. The predicted octanol–water partition coefficient (Wildman–Crippen LogP) is 2.31. The summed E-state index contributed by atoms with van der Waals surface area (Å²) >= 11 is 0. The van der Waals surface area contributed by atoms with Crippen LogP contribution in [-0.2, 0) is 0 Å². The molecule has 1 aliphatic rings. The maximum Gasteiger partial charge on any atom is 0.254 e. The number of carbonyl (C=O) groups excluding carboxylic acids is 1. The largest absolute Gasteiger partial charge is 0.391 e. The lowest BCUT2D eigenvalue weighted by Crippen LogP contribution is -2.45. The van der Waals surface area contributed by atoms with Crippen LogP contribution in [0, 0.1) is 18.6 Å². The van der Waals surface area contributed by atoms with Gasteiger partial charge in [-0.3, -0.25) is 4.79 Å². The third-order valence-electron chi connectivity index (χ3n) is 3.54. The molecule has 1 saturated carbocycles. The number of hydrogen-bond donors (Lipinski definition) is 2. The zero-order valence-corrected chi connectivity index (χ0v) is 10.7. The number of aryl methyl sites for hydroxylation is 1. The van der Waals surface area contributed by atoms with Gasteiger partial charge in [0.2, 0.25) is 0 Å². The van der Waals surface area contributed by atoms with Gasteiger partial charge in [0.15, 0.2) is 0 Å². The first-order chi connectivity index (χ1) is 8.99. The highest BCUT2D eigenvalue weighted by molar-refractivity contribution is 5.94. The van der Waals surface area contributed by atoms with Gasteiger partial charge in [-0.15, -0.1) is 0 Å². The molecule has 1 amide bonds. The van der Waals surface area contributed by atoms with Crippen molar-refractivity contribution in [2.75, 3.05) is 0 Å². The van der Waals surface area contributed by atoms with E-state index < -0.39 is 23.6 Å². The molecule has 1 aromatic carbocycles. The Labute approximate surface area is 110 Å². The molecule has 2 unspecified atom stereocenters. The van der Waals surface area contributed by atoms with Crippen molar-refractivity contribution >= 4 is 5.91 Å². The fourth-order valence-electron chi connectivity index (χ4n) is 2.36. The molecule has 0 saturated heterocycles. The minimum atomic E-state index is -0.883. The van der Waals surface area contributed by atoms with Crippen LogP contribution in [0.1, 0.15) is 41.6 Å². The number of benzene rings is 1. The van der Waals surface area contributed by atoms with E-state index in [0.29, 0.717) is 18.9 Å². The molecule has 2 atom stereocenters. The van der Waals surface area contributed by atoms with Crippen molar-refractivity contribution in [2.45, 2.75) is 44.8 Å². The summed E-state index contributed by atoms with van der Waals surface area (Å²) < 4.78 is 26.7. The topological polar surface area (TPSA) is 49.3 Å². The smallest absolute Gasteiger partial charge is 0.254 e. The second kappa shape index (κ2) is 5.65. The van der Waals surface area contributed by atoms with Crippen molar-refractivity contribution in [3.8, 4) is 0 Å². The maximum absolute atomic E-state index is 13.6. The number of aliphatic hydroxyl groups is 1. The third-order valence-corrected chi connectivity index (χ3v) is 3.54. The van der Waals surface area contributed by atoms with E-state index in [1.165, 1.54) is 13.0 Å². The first-order valence-corrected chi connectivity index (χ1v) is 6.43. The Morgan fingerprint density at radius 1 is 1.26 bits per heavy atom. The minimum absolute atomic E-state index is 0.184. The second-order valence-electron chi connectivity index (χ2n) is 5.01. The zero-order valence-electron chi connectivity index (χ0n) is 10.7. The van der Waals surface area contributed by atoms with E-state index in [9.17, 15) is 18.7 Å². The van der Waals surface area contributed by atoms with Gasteiger partial charge in [0.05, 0.1) is 17.7 Å². The molecule has 0 spiro atoms. The average Bonchev–Trinajstić information content (AvgIpc) is 2.36. The van der Waals surface area contributed by atoms with Gasteiger partial charge < -0.3 is 10.4 Å². The molecule has 0 radical (unpaired) electrons. The molecule has 5 heteroatoms. The van der Waals surface area contributed by atoms with Crippen LogP contribution in [0.2, 0.25) is 0 Å². The SMILES string of the molecule is Cc1cc(C(=O)NC2CCCCC2O)c(F)cc1F. The van der Waals surface area contributed by atoms with E-state index in [2.05, 4.69) is 5.32 Å². The molecule has 0 aliphatic heterocycles. The van der Waals surface area contributed by atoms with Crippen LogP contribution in [0.25, 0.3) is 0 Å². The number of nitrogens with one attached hydrogen (secondary N) is 1. The number of aliphatic hydroxyl groups excluding tert-OH is 1. The quantitative estimate of drug-likeness (QED) is 0.865. The van der Waals surface area contributed by atoms with Crippen molar-refractivity contribution in [1.29, 1.82) is 0 Å². The molecule has 0 bridgehead atoms. The Hall–Kier alpha value is -1.49. The summed E-state index contributed by atoms with van der Waals surface area (Å²) in [6, 6.07) is 1.54. The van der Waals surface area contributed by atoms with Crippen molar-refractivity contribution in [3.63, 3.8) is 0 Å². The van der Waals surface area contributed by atoms with Crippen LogP contribution in [0.4, 0.5) is 8.78 Å². The van der Waals surface area contributed by atoms with Crippen LogP contribution in [0.15, 0.2) is 12.1 Å². The predicted molar refractivity (Wildman–Crippen MR) is 66.8 cm³/mol. The molecule has 104 valence electrons. The Morgan fingerprint density at radius 2 is 1.95 bits per heavy atom. The van der Waals surface area contributed by atoms with Crippen LogP contribution < -0.4 is 5.32 Å². The van der Waals surface area contributed by atoms with Crippen LogP contribution >= 0.6 is 0 Å². The summed E-state index contributed by atoms with van der Waals surface area (Å²) in [4.78, 5) is 12.0. The van der Waals surface area contributed by atoms with Gasteiger partial charge in [-0.05, 0) is 31.4 Å². The van der Waals surface area contributed by atoms with E-state index in [0.717, 1.165) is 12.8 Å². The molecular weight excluding hydrogens is 252 g/mol. The first kappa shape index (κ1) is 13.9. The molecule has 0 heterocycles. The molecule has 3 nitrogen and oxygen atoms in total. The van der Waals surface area contributed by atoms with Crippen molar-refractivity contribution in [1.82, 2.24) is 5.32 Å². The molecular formula is C14H17F2NO2. The summed E-state index contributed by atoms with van der Waals surface area (Å²) in [5.41, 5.74) is 0.0346. The van der Waals surface area contributed by atoms with Crippen LogP contribution in [0.3, 0.4) is 0 Å². The van der Waals surface area contributed by atoms with Crippen LogP contribution in [0.5, 0.6) is 0 Å². The molecule has 0 aromatic heterocycles. The van der Waals surface area contributed by atoms with Gasteiger partial charge in [0.25, 0.3) is 5.91 Å². The monoisotopic (exact) mass is 269 g/mol. The first-order valence-electron chi connectivity index (χ1n) is 6.43. The van der Waals surface area contributed by atoms with Crippen molar-refractivity contribution in [2.24, 2.45) is 0 Å². The lowest BCUT2D eigenvalue weighted by atomic mass is 9.92. The van der Waals surface area contributed by atoms with Gasteiger partial charge >= 0.3 is 0 Å². The van der Waals surface area contributed by atoms with E-state index >= 15 is 0 Å². The molecule has 2 N–H and O–H groups in total. The van der Waals surface area contributed by atoms with Gasteiger partial charge in [-0.2, -0.15) is 0 Å². The minimum Gasteiger partial charge on any atom is -0.391 e. The van der Waals surface area contributed by atoms with E-state index in [4.69, 9.17) is 0 Å². The Bertz CT molecular complexity index is 491. The second-order valence-corrected chi connectivity index (χ2v) is 5.01. The number of amides is 1. The number of carbonyl (C=O) groups is 1. The molecule has 1 aromatic rings. The summed E-state index contributed by atoms with van der Waals surface area (Å²) in [6.45, 7) is 1.47. The summed E-state index contributed by atoms with van der Waals surface area (Å²) in [5, 5.41) is 12.4. The van der Waals surface area contributed by atoms with Gasteiger partial charge in [0.1, 0.15) is 11.6 Å². The normalized spacial score (nSPS) is 23.2.